The molecule has 2 N–H and O–H groups in total. The van der Waals surface area contributed by atoms with Gasteiger partial charge in [0, 0.05) is 29.1 Å². The first-order chi connectivity index (χ1) is 14.7. The first kappa shape index (κ1) is 19.6. The molecule has 0 unspecified atom stereocenters. The molecule has 2 aliphatic heterocycles. The van der Waals surface area contributed by atoms with Crippen molar-refractivity contribution in [3.8, 4) is 5.88 Å². The highest BCUT2D eigenvalue weighted by atomic mass is 19.4. The first-order valence-electron chi connectivity index (χ1n) is 9.51. The normalized spacial score (nSPS) is 17.4. The summed E-state index contributed by atoms with van der Waals surface area (Å²) >= 11 is 0. The lowest BCUT2D eigenvalue weighted by Crippen LogP contribution is -2.32. The van der Waals surface area contributed by atoms with Crippen LogP contribution in [-0.4, -0.2) is 34.4 Å². The number of nitrogens with two attached hydrogens (primary N) is 1. The van der Waals surface area contributed by atoms with Gasteiger partial charge < -0.3 is 20.1 Å². The number of ether oxygens (including phenoxy) is 2. The Kier molecular flexibility index (Phi) is 4.30. The Bertz CT molecular complexity index is 1230. The molecule has 0 saturated heterocycles. The number of benzene rings is 1. The number of nitrogens with zero attached hydrogens (tertiary/aromatic N) is 3. The molecule has 0 fully saturated rings. The van der Waals surface area contributed by atoms with Crippen molar-refractivity contribution in [1.82, 2.24) is 14.9 Å². The largest absolute Gasteiger partial charge is 0.475 e. The minimum Gasteiger partial charge on any atom is -0.475 e. The van der Waals surface area contributed by atoms with Crippen molar-refractivity contribution < 1.29 is 27.4 Å². The lowest BCUT2D eigenvalue weighted by molar-refractivity contribution is -0.141. The first-order valence-corrected chi connectivity index (χ1v) is 9.51. The highest BCUT2D eigenvalue weighted by molar-refractivity contribution is 5.99. The van der Waals surface area contributed by atoms with Crippen LogP contribution in [0.1, 0.15) is 38.8 Å². The van der Waals surface area contributed by atoms with Crippen molar-refractivity contribution in [2.75, 3.05) is 19.4 Å². The molecule has 1 amide bonds. The van der Waals surface area contributed by atoms with Crippen molar-refractivity contribution in [2.45, 2.75) is 25.4 Å². The number of likely N-dealkylation sites (N-methyl/N-ethyl adjacent to an activating group) is 1. The van der Waals surface area contributed by atoms with Gasteiger partial charge in [-0.05, 0) is 35.9 Å². The monoisotopic (exact) mass is 430 g/mol. The van der Waals surface area contributed by atoms with E-state index in [9.17, 15) is 18.0 Å². The highest BCUT2D eigenvalue weighted by Gasteiger charge is 2.37. The molecule has 1 atom stereocenters. The lowest BCUT2D eigenvalue weighted by Gasteiger charge is -2.24. The Morgan fingerprint density at radius 2 is 1.94 bits per heavy atom. The molecular formula is C21H17F3N4O3. The number of amides is 1. The zero-order valence-corrected chi connectivity index (χ0v) is 16.4. The van der Waals surface area contributed by atoms with Gasteiger partial charge in [-0.2, -0.15) is 13.2 Å². The zero-order valence-electron chi connectivity index (χ0n) is 16.4. The summed E-state index contributed by atoms with van der Waals surface area (Å²) in [5.41, 5.74) is 8.23. The van der Waals surface area contributed by atoms with Crippen molar-refractivity contribution in [3.63, 3.8) is 0 Å². The van der Waals surface area contributed by atoms with Crippen LogP contribution in [0.25, 0.3) is 10.9 Å². The smallest absolute Gasteiger partial charge is 0.433 e. The summed E-state index contributed by atoms with van der Waals surface area (Å²) in [5, 5.41) is 0.792. The minimum atomic E-state index is -4.56. The third-order valence-electron chi connectivity index (χ3n) is 5.68. The summed E-state index contributed by atoms with van der Waals surface area (Å²) in [7, 11) is 1.59. The number of anilines is 1. The van der Waals surface area contributed by atoms with E-state index in [1.165, 1.54) is 11.0 Å². The van der Waals surface area contributed by atoms with Crippen molar-refractivity contribution in [2.24, 2.45) is 0 Å². The zero-order chi connectivity index (χ0) is 21.9. The molecule has 0 radical (unpaired) electrons. The summed E-state index contributed by atoms with van der Waals surface area (Å²) in [6.45, 7) is 0.801. The molecule has 10 heteroatoms. The van der Waals surface area contributed by atoms with Crippen LogP contribution < -0.4 is 10.5 Å². The number of hydrogen-bond acceptors (Lipinski definition) is 6. The van der Waals surface area contributed by atoms with E-state index in [-0.39, 0.29) is 18.4 Å². The number of halogens is 3. The standard InChI is InChI=1S/C21H17F3N4O3/c1-28(16-9-31-19-11(16)3-5-17(27-19)21(22,23)24)20(29)10-2-4-15-12(6-10)13-7-30-8-14(13)18(25)26-15/h2-6,16H,7-9H2,1H3,(H2,25,26)/t16-/m0/s1. The maximum atomic E-state index is 13.2. The van der Waals surface area contributed by atoms with Gasteiger partial charge in [0.15, 0.2) is 0 Å². The SMILES string of the molecule is CN(C(=O)c1ccc2nc(N)c3c(c2c1)COC3)[C@H]1COc2nc(C(F)(F)F)ccc21. The summed E-state index contributed by atoms with van der Waals surface area (Å²) in [4.78, 5) is 22.6. The predicted octanol–water partition coefficient (Wildman–Crippen LogP) is 3.47. The summed E-state index contributed by atoms with van der Waals surface area (Å²) in [5.74, 6) is 0.0157. The molecule has 2 aromatic heterocycles. The number of pyridine rings is 2. The van der Waals surface area contributed by atoms with Crippen molar-refractivity contribution >= 4 is 22.6 Å². The number of alkyl halides is 3. The van der Waals surface area contributed by atoms with Gasteiger partial charge >= 0.3 is 6.18 Å². The maximum absolute atomic E-state index is 13.2. The van der Waals surface area contributed by atoms with E-state index in [0.29, 0.717) is 35.7 Å². The van der Waals surface area contributed by atoms with E-state index in [2.05, 4.69) is 9.97 Å². The Balaban J connectivity index is 1.47. The second-order valence-corrected chi connectivity index (χ2v) is 7.51. The number of hydrogen-bond donors (Lipinski definition) is 1. The molecule has 3 aromatic rings. The summed E-state index contributed by atoms with van der Waals surface area (Å²) in [6.07, 6.45) is -4.56. The molecule has 2 aliphatic rings. The van der Waals surface area contributed by atoms with Crippen LogP contribution >= 0.6 is 0 Å². The summed E-state index contributed by atoms with van der Waals surface area (Å²) in [6, 6.07) is 6.78. The average Bonchev–Trinajstić information content (AvgIpc) is 3.39. The molecule has 0 bridgehead atoms. The van der Waals surface area contributed by atoms with Gasteiger partial charge in [0.1, 0.15) is 18.1 Å². The van der Waals surface area contributed by atoms with Crippen LogP contribution in [0.4, 0.5) is 19.0 Å². The Labute approximate surface area is 174 Å². The molecule has 7 nitrogen and oxygen atoms in total. The highest BCUT2D eigenvalue weighted by Crippen LogP contribution is 2.38. The van der Waals surface area contributed by atoms with Gasteiger partial charge in [0.25, 0.3) is 5.91 Å². The van der Waals surface area contributed by atoms with E-state index in [1.807, 2.05) is 0 Å². The van der Waals surface area contributed by atoms with Crippen molar-refractivity contribution in [1.29, 1.82) is 0 Å². The van der Waals surface area contributed by atoms with E-state index in [1.54, 1.807) is 25.2 Å². The van der Waals surface area contributed by atoms with Gasteiger partial charge in [-0.25, -0.2) is 9.97 Å². The lowest BCUT2D eigenvalue weighted by atomic mass is 10.0. The quantitative estimate of drug-likeness (QED) is 0.670. The predicted molar refractivity (Wildman–Crippen MR) is 104 cm³/mol. The average molecular weight is 430 g/mol. The van der Waals surface area contributed by atoms with Gasteiger partial charge in [0.05, 0.1) is 24.8 Å². The van der Waals surface area contributed by atoms with Crippen LogP contribution in [0.3, 0.4) is 0 Å². The molecule has 5 rings (SSSR count). The molecular weight excluding hydrogens is 413 g/mol. The van der Waals surface area contributed by atoms with Crippen LogP contribution in [0.2, 0.25) is 0 Å². The van der Waals surface area contributed by atoms with Crippen LogP contribution in [0.15, 0.2) is 30.3 Å². The fourth-order valence-corrected chi connectivity index (χ4v) is 4.00. The van der Waals surface area contributed by atoms with Crippen LogP contribution in [0, 0.1) is 0 Å². The molecule has 31 heavy (non-hydrogen) atoms. The van der Waals surface area contributed by atoms with E-state index in [0.717, 1.165) is 22.6 Å². The van der Waals surface area contributed by atoms with Crippen LogP contribution in [0.5, 0.6) is 5.88 Å². The maximum Gasteiger partial charge on any atom is 0.433 e. The Morgan fingerprint density at radius 1 is 1.16 bits per heavy atom. The minimum absolute atomic E-state index is 0.0286. The molecule has 0 spiro atoms. The third-order valence-corrected chi connectivity index (χ3v) is 5.68. The van der Waals surface area contributed by atoms with E-state index >= 15 is 0 Å². The van der Waals surface area contributed by atoms with Gasteiger partial charge in [-0.15, -0.1) is 0 Å². The third kappa shape index (κ3) is 3.14. The van der Waals surface area contributed by atoms with Crippen molar-refractivity contribution in [3.05, 3.63) is 58.3 Å². The fourth-order valence-electron chi connectivity index (χ4n) is 4.00. The van der Waals surface area contributed by atoms with Crippen LogP contribution in [-0.2, 0) is 24.1 Å². The molecule has 0 saturated carbocycles. The Morgan fingerprint density at radius 3 is 2.71 bits per heavy atom. The summed E-state index contributed by atoms with van der Waals surface area (Å²) < 4.78 is 49.6. The second kappa shape index (κ2) is 6.81. The molecule has 1 aromatic carbocycles. The molecule has 0 aliphatic carbocycles. The molecule has 160 valence electrons. The topological polar surface area (TPSA) is 90.6 Å². The number of fused-ring (bicyclic) bond motifs is 4. The number of aromatic nitrogens is 2. The van der Waals surface area contributed by atoms with E-state index in [4.69, 9.17) is 15.2 Å². The van der Waals surface area contributed by atoms with Gasteiger partial charge in [0.2, 0.25) is 5.88 Å². The second-order valence-electron chi connectivity index (χ2n) is 7.51. The number of carbonyl (C=O) groups excluding carboxylic acids is 1. The number of rotatable bonds is 2. The Hall–Kier alpha value is -3.40. The van der Waals surface area contributed by atoms with Gasteiger partial charge in [-0.3, -0.25) is 4.79 Å². The number of nitrogen functional groups attached to an aromatic ring is 1. The molecule has 4 heterocycles. The van der Waals surface area contributed by atoms with E-state index < -0.39 is 17.9 Å². The fraction of sp³-hybridized carbons (Fsp3) is 0.286. The number of carbonyl (C=O) groups is 1. The van der Waals surface area contributed by atoms with Gasteiger partial charge in [-0.1, -0.05) is 0 Å².